The smallest absolute Gasteiger partial charge is 0.0877 e. The van der Waals surface area contributed by atoms with Crippen LogP contribution in [-0.4, -0.2) is 6.61 Å². The van der Waals surface area contributed by atoms with Crippen molar-refractivity contribution in [2.75, 3.05) is 6.61 Å². The van der Waals surface area contributed by atoms with Gasteiger partial charge in [0.2, 0.25) is 0 Å². The fourth-order valence-corrected chi connectivity index (χ4v) is 1.83. The fraction of sp³-hybridized carbons (Fsp3) is 0.500. The van der Waals surface area contributed by atoms with Crippen LogP contribution in [0, 0.1) is 11.8 Å². The zero-order valence-corrected chi connectivity index (χ0v) is 8.23. The first kappa shape index (κ1) is 8.76. The summed E-state index contributed by atoms with van der Waals surface area (Å²) in [5.41, 5.74) is 1.33. The van der Waals surface area contributed by atoms with Crippen molar-refractivity contribution in [2.45, 2.75) is 20.0 Å². The zero-order chi connectivity index (χ0) is 9.26. The molecule has 1 aliphatic heterocycles. The molecule has 1 nitrogen and oxygen atoms in total. The standard InChI is InChI=1S/C12H16O/c1-9(2)11-8-13-12(11)10-6-4-3-5-7-10/h3-7,9,11-12H,8H2,1-2H3/t11-,12-/m0/s1. The van der Waals surface area contributed by atoms with E-state index in [4.69, 9.17) is 4.74 Å². The number of hydrogen-bond acceptors (Lipinski definition) is 1. The maximum absolute atomic E-state index is 5.59. The van der Waals surface area contributed by atoms with Crippen LogP contribution in [0.3, 0.4) is 0 Å². The normalized spacial score (nSPS) is 27.3. The Morgan fingerprint density at radius 3 is 2.38 bits per heavy atom. The van der Waals surface area contributed by atoms with Crippen LogP contribution >= 0.6 is 0 Å². The minimum Gasteiger partial charge on any atom is -0.373 e. The molecule has 0 radical (unpaired) electrons. The van der Waals surface area contributed by atoms with Crippen LogP contribution in [-0.2, 0) is 4.74 Å². The number of ether oxygens (including phenoxy) is 1. The van der Waals surface area contributed by atoms with Gasteiger partial charge in [0.15, 0.2) is 0 Å². The first-order chi connectivity index (χ1) is 6.29. The largest absolute Gasteiger partial charge is 0.373 e. The second-order valence-electron chi connectivity index (χ2n) is 4.07. The maximum Gasteiger partial charge on any atom is 0.0877 e. The van der Waals surface area contributed by atoms with Crippen molar-refractivity contribution in [1.29, 1.82) is 0 Å². The van der Waals surface area contributed by atoms with E-state index in [1.54, 1.807) is 0 Å². The van der Waals surface area contributed by atoms with Crippen molar-refractivity contribution in [3.63, 3.8) is 0 Å². The van der Waals surface area contributed by atoms with E-state index in [9.17, 15) is 0 Å². The minimum atomic E-state index is 0.348. The van der Waals surface area contributed by atoms with Gasteiger partial charge in [-0.15, -0.1) is 0 Å². The molecule has 0 bridgehead atoms. The van der Waals surface area contributed by atoms with E-state index in [1.807, 2.05) is 6.07 Å². The molecule has 0 aliphatic carbocycles. The van der Waals surface area contributed by atoms with Gasteiger partial charge in [-0.05, 0) is 11.5 Å². The predicted octanol–water partition coefficient (Wildman–Crippen LogP) is 3.03. The molecule has 1 aromatic rings. The van der Waals surface area contributed by atoms with E-state index in [-0.39, 0.29) is 0 Å². The molecular formula is C12H16O. The molecule has 1 fully saturated rings. The average Bonchev–Trinajstić information content (AvgIpc) is 2.02. The first-order valence-electron chi connectivity index (χ1n) is 4.95. The van der Waals surface area contributed by atoms with E-state index >= 15 is 0 Å². The van der Waals surface area contributed by atoms with Crippen molar-refractivity contribution in [2.24, 2.45) is 11.8 Å². The lowest BCUT2D eigenvalue weighted by Crippen LogP contribution is -2.35. The van der Waals surface area contributed by atoms with Gasteiger partial charge in [-0.1, -0.05) is 44.2 Å². The first-order valence-corrected chi connectivity index (χ1v) is 4.95. The molecule has 0 saturated carbocycles. The Hall–Kier alpha value is -0.820. The van der Waals surface area contributed by atoms with Crippen LogP contribution in [0.1, 0.15) is 25.5 Å². The summed E-state index contributed by atoms with van der Waals surface area (Å²) < 4.78 is 5.59. The second-order valence-corrected chi connectivity index (χ2v) is 4.07. The molecule has 0 unspecified atom stereocenters. The summed E-state index contributed by atoms with van der Waals surface area (Å²) in [5.74, 6) is 1.43. The quantitative estimate of drug-likeness (QED) is 0.673. The lowest BCUT2D eigenvalue weighted by atomic mass is 9.83. The Morgan fingerprint density at radius 2 is 1.92 bits per heavy atom. The second kappa shape index (κ2) is 3.51. The Labute approximate surface area is 79.7 Å². The highest BCUT2D eigenvalue weighted by molar-refractivity contribution is 5.20. The van der Waals surface area contributed by atoms with Gasteiger partial charge in [-0.25, -0.2) is 0 Å². The van der Waals surface area contributed by atoms with Crippen LogP contribution in [0.2, 0.25) is 0 Å². The third-order valence-electron chi connectivity index (χ3n) is 2.84. The van der Waals surface area contributed by atoms with Gasteiger partial charge in [0.25, 0.3) is 0 Å². The third-order valence-corrected chi connectivity index (χ3v) is 2.84. The van der Waals surface area contributed by atoms with E-state index in [1.165, 1.54) is 5.56 Å². The van der Waals surface area contributed by atoms with Crippen LogP contribution in [0.25, 0.3) is 0 Å². The Bertz CT molecular complexity index is 266. The van der Waals surface area contributed by atoms with Crippen molar-refractivity contribution in [3.8, 4) is 0 Å². The van der Waals surface area contributed by atoms with Gasteiger partial charge in [-0.2, -0.15) is 0 Å². The summed E-state index contributed by atoms with van der Waals surface area (Å²) in [6.45, 7) is 5.46. The number of rotatable bonds is 2. The van der Waals surface area contributed by atoms with Gasteiger partial charge in [0.05, 0.1) is 12.7 Å². The molecule has 13 heavy (non-hydrogen) atoms. The van der Waals surface area contributed by atoms with Crippen LogP contribution < -0.4 is 0 Å². The highest BCUT2D eigenvalue weighted by atomic mass is 16.5. The van der Waals surface area contributed by atoms with E-state index in [2.05, 4.69) is 38.1 Å². The molecular weight excluding hydrogens is 160 g/mol. The SMILES string of the molecule is CC(C)[C@@H]1CO[C@H]1c1ccccc1. The molecule has 1 heteroatoms. The summed E-state index contributed by atoms with van der Waals surface area (Å²) in [6.07, 6.45) is 0.348. The molecule has 1 heterocycles. The van der Waals surface area contributed by atoms with Crippen molar-refractivity contribution in [3.05, 3.63) is 35.9 Å². The minimum absolute atomic E-state index is 0.348. The van der Waals surface area contributed by atoms with E-state index in [0.29, 0.717) is 12.0 Å². The molecule has 0 aromatic heterocycles. The molecule has 70 valence electrons. The van der Waals surface area contributed by atoms with Gasteiger partial charge in [0.1, 0.15) is 0 Å². The van der Waals surface area contributed by atoms with Crippen LogP contribution in [0.4, 0.5) is 0 Å². The molecule has 2 rings (SSSR count). The highest BCUT2D eigenvalue weighted by Gasteiger charge is 2.35. The molecule has 2 atom stereocenters. The number of benzene rings is 1. The van der Waals surface area contributed by atoms with Gasteiger partial charge in [0, 0.05) is 5.92 Å². The summed E-state index contributed by atoms with van der Waals surface area (Å²) in [6, 6.07) is 10.5. The Kier molecular flexibility index (Phi) is 2.36. The summed E-state index contributed by atoms with van der Waals surface area (Å²) in [7, 11) is 0. The van der Waals surface area contributed by atoms with Crippen molar-refractivity contribution >= 4 is 0 Å². The van der Waals surface area contributed by atoms with Gasteiger partial charge >= 0.3 is 0 Å². The van der Waals surface area contributed by atoms with Gasteiger partial charge < -0.3 is 4.74 Å². The van der Waals surface area contributed by atoms with Crippen molar-refractivity contribution < 1.29 is 4.74 Å². The van der Waals surface area contributed by atoms with E-state index < -0.39 is 0 Å². The van der Waals surface area contributed by atoms with Gasteiger partial charge in [-0.3, -0.25) is 0 Å². The Morgan fingerprint density at radius 1 is 1.23 bits per heavy atom. The molecule has 1 aliphatic rings. The predicted molar refractivity (Wildman–Crippen MR) is 53.5 cm³/mol. The summed E-state index contributed by atoms with van der Waals surface area (Å²) in [4.78, 5) is 0. The maximum atomic E-state index is 5.59. The Balaban J connectivity index is 2.11. The third kappa shape index (κ3) is 1.61. The molecule has 0 spiro atoms. The average molecular weight is 176 g/mol. The molecule has 1 aromatic carbocycles. The monoisotopic (exact) mass is 176 g/mol. The molecule has 1 saturated heterocycles. The molecule has 0 N–H and O–H groups in total. The fourth-order valence-electron chi connectivity index (χ4n) is 1.83. The van der Waals surface area contributed by atoms with E-state index in [0.717, 1.165) is 12.5 Å². The van der Waals surface area contributed by atoms with Crippen LogP contribution in [0.5, 0.6) is 0 Å². The number of hydrogen-bond donors (Lipinski definition) is 0. The van der Waals surface area contributed by atoms with Crippen molar-refractivity contribution in [1.82, 2.24) is 0 Å². The summed E-state index contributed by atoms with van der Waals surface area (Å²) in [5, 5.41) is 0. The topological polar surface area (TPSA) is 9.23 Å². The summed E-state index contributed by atoms with van der Waals surface area (Å²) >= 11 is 0. The molecule has 0 amide bonds. The lowest BCUT2D eigenvalue weighted by Gasteiger charge is -2.39. The zero-order valence-electron chi connectivity index (χ0n) is 8.23. The lowest BCUT2D eigenvalue weighted by molar-refractivity contribution is -0.136. The highest BCUT2D eigenvalue weighted by Crippen LogP contribution is 2.39. The van der Waals surface area contributed by atoms with Crippen LogP contribution in [0.15, 0.2) is 30.3 Å².